The molecule has 3 rings (SSSR count). The number of alkyl halides is 2. The predicted molar refractivity (Wildman–Crippen MR) is 106 cm³/mol. The summed E-state index contributed by atoms with van der Waals surface area (Å²) in [5, 5.41) is 3.04. The number of benzene rings is 2. The number of nitrogens with two attached hydrogens (primary N) is 1. The molecular formula is C18H20F2IN3O. The zero-order valence-corrected chi connectivity index (χ0v) is 15.9. The van der Waals surface area contributed by atoms with Crippen molar-refractivity contribution in [3.63, 3.8) is 0 Å². The Hall–Kier alpha value is -1.90. The summed E-state index contributed by atoms with van der Waals surface area (Å²) in [6.07, 6.45) is 3.39. The minimum atomic E-state index is -2.86. The first kappa shape index (κ1) is 19.4. The van der Waals surface area contributed by atoms with Gasteiger partial charge in [-0.25, -0.2) is 4.99 Å². The number of fused-ring (bicyclic) bond motifs is 1. The van der Waals surface area contributed by atoms with Crippen LogP contribution >= 0.6 is 24.0 Å². The van der Waals surface area contributed by atoms with Crippen LogP contribution in [0.1, 0.15) is 23.1 Å². The second kappa shape index (κ2) is 8.98. The van der Waals surface area contributed by atoms with Crippen molar-refractivity contribution < 1.29 is 13.5 Å². The van der Waals surface area contributed by atoms with Crippen LogP contribution in [0.5, 0.6) is 5.75 Å². The van der Waals surface area contributed by atoms with E-state index in [2.05, 4.69) is 27.2 Å². The van der Waals surface area contributed by atoms with Crippen molar-refractivity contribution in [2.24, 2.45) is 10.7 Å². The van der Waals surface area contributed by atoms with E-state index in [1.165, 1.54) is 23.6 Å². The lowest BCUT2D eigenvalue weighted by Crippen LogP contribution is -2.22. The molecule has 0 aliphatic heterocycles. The summed E-state index contributed by atoms with van der Waals surface area (Å²) >= 11 is 0. The number of aryl methyl sites for hydroxylation is 2. The van der Waals surface area contributed by atoms with Crippen LogP contribution < -0.4 is 15.8 Å². The van der Waals surface area contributed by atoms with Crippen LogP contribution in [0.4, 0.5) is 14.5 Å². The number of aliphatic imine (C=N–C) groups is 1. The fourth-order valence-electron chi connectivity index (χ4n) is 2.85. The zero-order valence-electron chi connectivity index (χ0n) is 13.5. The molecule has 0 radical (unpaired) electrons. The van der Waals surface area contributed by atoms with Crippen LogP contribution in [0.15, 0.2) is 47.5 Å². The summed E-state index contributed by atoms with van der Waals surface area (Å²) in [6, 6.07) is 12.7. The molecule has 4 nitrogen and oxygen atoms in total. The SMILES string of the molecule is I.NC(=NCc1ccccc1OC(F)F)Nc1ccc2c(c1)CCC2. The lowest BCUT2D eigenvalue weighted by atomic mass is 10.1. The lowest BCUT2D eigenvalue weighted by Gasteiger charge is -2.10. The molecule has 0 aromatic heterocycles. The molecule has 0 heterocycles. The Morgan fingerprint density at radius 1 is 1.16 bits per heavy atom. The van der Waals surface area contributed by atoms with E-state index in [9.17, 15) is 8.78 Å². The standard InChI is InChI=1S/C18H19F2N3O.HI/c19-17(20)24-16-7-2-1-4-14(16)11-22-18(21)23-15-9-8-12-5-3-6-13(12)10-15;/h1-2,4,7-10,17H,3,5-6,11H2,(H3,21,22,23);1H. The molecule has 7 heteroatoms. The van der Waals surface area contributed by atoms with E-state index >= 15 is 0 Å². The molecule has 1 aliphatic rings. The normalized spacial score (nSPS) is 13.3. The van der Waals surface area contributed by atoms with Gasteiger partial charge in [-0.15, -0.1) is 24.0 Å². The van der Waals surface area contributed by atoms with Gasteiger partial charge in [-0.2, -0.15) is 8.78 Å². The fourth-order valence-corrected chi connectivity index (χ4v) is 2.85. The van der Waals surface area contributed by atoms with Crippen LogP contribution in [0.25, 0.3) is 0 Å². The molecule has 0 amide bonds. The maximum atomic E-state index is 12.4. The average Bonchev–Trinajstić information content (AvgIpc) is 3.01. The quantitative estimate of drug-likeness (QED) is 0.398. The number of nitrogens with one attached hydrogen (secondary N) is 1. The van der Waals surface area contributed by atoms with Crippen molar-refractivity contribution >= 4 is 35.6 Å². The molecule has 3 N–H and O–H groups in total. The average molecular weight is 459 g/mol. The first-order valence-electron chi connectivity index (χ1n) is 7.83. The van der Waals surface area contributed by atoms with Crippen molar-refractivity contribution in [2.45, 2.75) is 32.4 Å². The highest BCUT2D eigenvalue weighted by molar-refractivity contribution is 14.0. The maximum absolute atomic E-state index is 12.4. The van der Waals surface area contributed by atoms with Gasteiger partial charge >= 0.3 is 6.61 Å². The number of hydrogen-bond acceptors (Lipinski definition) is 2. The molecule has 0 unspecified atom stereocenters. The number of guanidine groups is 1. The number of rotatable bonds is 5. The van der Waals surface area contributed by atoms with Crippen molar-refractivity contribution in [3.05, 3.63) is 59.2 Å². The Kier molecular flexibility index (Phi) is 6.98. The Morgan fingerprint density at radius 3 is 2.72 bits per heavy atom. The van der Waals surface area contributed by atoms with Crippen molar-refractivity contribution in [2.75, 3.05) is 5.32 Å². The van der Waals surface area contributed by atoms with Gasteiger partial charge in [0.05, 0.1) is 6.54 Å². The third-order valence-corrected chi connectivity index (χ3v) is 3.98. The molecule has 2 aromatic carbocycles. The minimum Gasteiger partial charge on any atom is -0.434 e. The molecule has 2 aromatic rings. The van der Waals surface area contributed by atoms with Gasteiger partial charge in [-0.05, 0) is 48.6 Å². The van der Waals surface area contributed by atoms with E-state index in [1.807, 2.05) is 6.07 Å². The Morgan fingerprint density at radius 2 is 1.92 bits per heavy atom. The van der Waals surface area contributed by atoms with Crippen molar-refractivity contribution in [3.8, 4) is 5.75 Å². The molecule has 0 saturated heterocycles. The highest BCUT2D eigenvalue weighted by atomic mass is 127. The first-order valence-corrected chi connectivity index (χ1v) is 7.83. The van der Waals surface area contributed by atoms with E-state index in [4.69, 9.17) is 5.73 Å². The van der Waals surface area contributed by atoms with E-state index in [1.54, 1.807) is 18.2 Å². The van der Waals surface area contributed by atoms with Crippen LogP contribution in [0.2, 0.25) is 0 Å². The summed E-state index contributed by atoms with van der Waals surface area (Å²) in [7, 11) is 0. The van der Waals surface area contributed by atoms with Crippen LogP contribution in [-0.4, -0.2) is 12.6 Å². The van der Waals surface area contributed by atoms with E-state index in [-0.39, 0.29) is 42.2 Å². The van der Waals surface area contributed by atoms with Gasteiger partial charge in [0.25, 0.3) is 0 Å². The number of anilines is 1. The number of hydrogen-bond donors (Lipinski definition) is 2. The van der Waals surface area contributed by atoms with Crippen LogP contribution in [0.3, 0.4) is 0 Å². The summed E-state index contributed by atoms with van der Waals surface area (Å²) in [4.78, 5) is 4.21. The number of nitrogens with zero attached hydrogens (tertiary/aromatic N) is 1. The van der Waals surface area contributed by atoms with E-state index in [0.29, 0.717) is 5.56 Å². The van der Waals surface area contributed by atoms with Crippen molar-refractivity contribution in [1.29, 1.82) is 0 Å². The molecule has 0 saturated carbocycles. The molecule has 0 atom stereocenters. The lowest BCUT2D eigenvalue weighted by molar-refractivity contribution is -0.0504. The smallest absolute Gasteiger partial charge is 0.387 e. The van der Waals surface area contributed by atoms with Gasteiger partial charge < -0.3 is 15.8 Å². The van der Waals surface area contributed by atoms with Gasteiger partial charge in [-0.3, -0.25) is 0 Å². The monoisotopic (exact) mass is 459 g/mol. The first-order chi connectivity index (χ1) is 11.6. The molecule has 0 bridgehead atoms. The third kappa shape index (κ3) is 5.29. The number of ether oxygens (including phenoxy) is 1. The maximum Gasteiger partial charge on any atom is 0.387 e. The fraction of sp³-hybridized carbons (Fsp3) is 0.278. The Labute approximate surface area is 162 Å². The minimum absolute atomic E-state index is 0. The summed E-state index contributed by atoms with van der Waals surface area (Å²) in [6.45, 7) is -2.70. The molecule has 0 fully saturated rings. The van der Waals surface area contributed by atoms with Gasteiger partial charge in [0.15, 0.2) is 5.96 Å². The number of para-hydroxylation sites is 1. The predicted octanol–water partition coefficient (Wildman–Crippen LogP) is 4.32. The van der Waals surface area contributed by atoms with Crippen molar-refractivity contribution in [1.82, 2.24) is 0 Å². The van der Waals surface area contributed by atoms with Gasteiger partial charge in [0.1, 0.15) is 5.75 Å². The van der Waals surface area contributed by atoms with E-state index < -0.39 is 6.61 Å². The molecule has 0 spiro atoms. The summed E-state index contributed by atoms with van der Waals surface area (Å²) in [5.74, 6) is 0.348. The molecule has 134 valence electrons. The highest BCUT2D eigenvalue weighted by Crippen LogP contribution is 2.25. The largest absolute Gasteiger partial charge is 0.434 e. The van der Waals surface area contributed by atoms with Gasteiger partial charge in [0.2, 0.25) is 0 Å². The summed E-state index contributed by atoms with van der Waals surface area (Å²) < 4.78 is 29.3. The van der Waals surface area contributed by atoms with Crippen LogP contribution in [-0.2, 0) is 19.4 Å². The van der Waals surface area contributed by atoms with E-state index in [0.717, 1.165) is 18.5 Å². The second-order valence-corrected chi connectivity index (χ2v) is 5.65. The number of halogens is 3. The second-order valence-electron chi connectivity index (χ2n) is 5.65. The Balaban J connectivity index is 0.00000225. The third-order valence-electron chi connectivity index (χ3n) is 3.98. The topological polar surface area (TPSA) is 59.6 Å². The molecule has 25 heavy (non-hydrogen) atoms. The van der Waals surface area contributed by atoms with Crippen LogP contribution in [0, 0.1) is 0 Å². The Bertz CT molecular complexity index is 753. The summed E-state index contributed by atoms with van der Waals surface area (Å²) in [5.41, 5.74) is 10.1. The zero-order chi connectivity index (χ0) is 16.9. The molecular weight excluding hydrogens is 439 g/mol. The molecule has 1 aliphatic carbocycles. The highest BCUT2D eigenvalue weighted by Gasteiger charge is 2.11. The van der Waals surface area contributed by atoms with Gasteiger partial charge in [0, 0.05) is 11.3 Å². The van der Waals surface area contributed by atoms with Gasteiger partial charge in [-0.1, -0.05) is 24.3 Å².